The van der Waals surface area contributed by atoms with Crippen molar-refractivity contribution in [3.05, 3.63) is 69.8 Å². The lowest BCUT2D eigenvalue weighted by atomic mass is 10.0. The molecule has 3 aromatic rings. The Balaban J connectivity index is 1.85. The van der Waals surface area contributed by atoms with Gasteiger partial charge in [0.25, 0.3) is 5.89 Å². The van der Waals surface area contributed by atoms with Crippen LogP contribution < -0.4 is 5.56 Å². The maximum absolute atomic E-state index is 11.6. The smallest absolute Gasteiger partial charge is 0.335 e. The van der Waals surface area contributed by atoms with Gasteiger partial charge >= 0.3 is 5.97 Å². The van der Waals surface area contributed by atoms with Gasteiger partial charge in [0.15, 0.2) is 0 Å². The number of aromatic carboxylic acids is 1. The number of H-pyrrole nitrogens is 1. The summed E-state index contributed by atoms with van der Waals surface area (Å²) in [4.78, 5) is 25.1. The predicted molar refractivity (Wildman–Crippen MR) is 85.9 cm³/mol. The molecule has 0 spiro atoms. The van der Waals surface area contributed by atoms with E-state index in [4.69, 9.17) is 9.52 Å². The zero-order chi connectivity index (χ0) is 17.1. The summed E-state index contributed by atoms with van der Waals surface area (Å²) in [6.45, 7) is 1.96. The van der Waals surface area contributed by atoms with Crippen molar-refractivity contribution < 1.29 is 14.3 Å². The number of hydrogen-bond donors (Lipinski definition) is 2. The van der Waals surface area contributed by atoms with E-state index in [2.05, 4.69) is 15.2 Å². The zero-order valence-corrected chi connectivity index (χ0v) is 12.9. The van der Waals surface area contributed by atoms with Crippen LogP contribution in [-0.2, 0) is 6.42 Å². The lowest BCUT2D eigenvalue weighted by Gasteiger charge is -2.06. The number of nitrogens with one attached hydrogen (secondary N) is 1. The molecule has 0 saturated carbocycles. The second-order valence-electron chi connectivity index (χ2n) is 5.49. The van der Waals surface area contributed by atoms with Crippen molar-refractivity contribution in [2.45, 2.75) is 19.3 Å². The van der Waals surface area contributed by atoms with E-state index in [1.54, 1.807) is 0 Å². The van der Waals surface area contributed by atoms with Gasteiger partial charge in [-0.05, 0) is 18.1 Å². The van der Waals surface area contributed by atoms with Crippen LogP contribution in [0.3, 0.4) is 0 Å². The number of benzene rings is 1. The van der Waals surface area contributed by atoms with Gasteiger partial charge in [-0.25, -0.2) is 4.79 Å². The Kier molecular flexibility index (Phi) is 4.24. The van der Waals surface area contributed by atoms with Gasteiger partial charge in [-0.1, -0.05) is 37.3 Å². The summed E-state index contributed by atoms with van der Waals surface area (Å²) in [7, 11) is 0. The topological polar surface area (TPSA) is 109 Å². The fourth-order valence-corrected chi connectivity index (χ4v) is 2.38. The number of pyridine rings is 1. The molecule has 2 aromatic heterocycles. The third-order valence-electron chi connectivity index (χ3n) is 3.57. The SMILES string of the molecule is CC(Cc1ccccc1)c1nnc(-c2cc(C(=O)O)cc(=O)[nH]2)o1. The summed E-state index contributed by atoms with van der Waals surface area (Å²) >= 11 is 0. The first-order valence-corrected chi connectivity index (χ1v) is 7.38. The van der Waals surface area contributed by atoms with Gasteiger partial charge in [0.1, 0.15) is 5.69 Å². The van der Waals surface area contributed by atoms with Crippen molar-refractivity contribution in [2.75, 3.05) is 0 Å². The van der Waals surface area contributed by atoms with Crippen molar-refractivity contribution in [3.8, 4) is 11.6 Å². The molecule has 1 atom stereocenters. The van der Waals surface area contributed by atoms with Gasteiger partial charge in [-0.3, -0.25) is 4.79 Å². The molecule has 0 saturated heterocycles. The van der Waals surface area contributed by atoms with Gasteiger partial charge in [0.2, 0.25) is 11.4 Å². The standard InChI is InChI=1S/C17H15N3O4/c1-10(7-11-5-3-2-4-6-11)15-19-20-16(24-15)13-8-12(17(22)23)9-14(21)18-13/h2-6,8-10H,7H2,1H3,(H,18,21)(H,22,23). The predicted octanol–water partition coefficient (Wildman–Crippen LogP) is 2.47. The summed E-state index contributed by atoms with van der Waals surface area (Å²) in [5.41, 5.74) is 0.657. The Morgan fingerprint density at radius 3 is 2.71 bits per heavy atom. The van der Waals surface area contributed by atoms with Crippen LogP contribution >= 0.6 is 0 Å². The highest BCUT2D eigenvalue weighted by atomic mass is 16.4. The number of carbonyl (C=O) groups is 1. The van der Waals surface area contributed by atoms with Gasteiger partial charge in [-0.2, -0.15) is 0 Å². The Morgan fingerprint density at radius 1 is 1.25 bits per heavy atom. The van der Waals surface area contributed by atoms with Crippen LogP contribution in [0, 0.1) is 0 Å². The van der Waals surface area contributed by atoms with E-state index in [0.717, 1.165) is 18.1 Å². The number of hydrogen-bond acceptors (Lipinski definition) is 5. The molecular formula is C17H15N3O4. The molecule has 0 fully saturated rings. The Morgan fingerprint density at radius 2 is 2.00 bits per heavy atom. The monoisotopic (exact) mass is 325 g/mol. The van der Waals surface area contributed by atoms with Crippen molar-refractivity contribution in [1.29, 1.82) is 0 Å². The van der Waals surface area contributed by atoms with Crippen molar-refractivity contribution >= 4 is 5.97 Å². The van der Waals surface area contributed by atoms with Crippen molar-refractivity contribution in [1.82, 2.24) is 15.2 Å². The minimum Gasteiger partial charge on any atom is -0.478 e. The van der Waals surface area contributed by atoms with E-state index in [1.807, 2.05) is 37.3 Å². The summed E-state index contributed by atoms with van der Waals surface area (Å²) in [5, 5.41) is 16.9. The fourth-order valence-electron chi connectivity index (χ4n) is 2.38. The number of aromatic amines is 1. The molecule has 0 radical (unpaired) electrons. The van der Waals surface area contributed by atoms with Crippen LogP contribution in [0.15, 0.2) is 51.7 Å². The maximum Gasteiger partial charge on any atom is 0.335 e. The van der Waals surface area contributed by atoms with Gasteiger partial charge in [0, 0.05) is 12.0 Å². The lowest BCUT2D eigenvalue weighted by Crippen LogP contribution is -2.10. The van der Waals surface area contributed by atoms with E-state index in [-0.39, 0.29) is 23.1 Å². The molecule has 0 bridgehead atoms. The quantitative estimate of drug-likeness (QED) is 0.746. The van der Waals surface area contributed by atoms with Crippen LogP contribution in [0.5, 0.6) is 0 Å². The van der Waals surface area contributed by atoms with Gasteiger partial charge < -0.3 is 14.5 Å². The highest BCUT2D eigenvalue weighted by Crippen LogP contribution is 2.23. The molecule has 122 valence electrons. The molecular weight excluding hydrogens is 310 g/mol. The van der Waals surface area contributed by atoms with E-state index in [1.165, 1.54) is 6.07 Å². The molecule has 0 aliphatic rings. The van der Waals surface area contributed by atoms with Crippen LogP contribution in [-0.4, -0.2) is 26.3 Å². The van der Waals surface area contributed by atoms with Crippen LogP contribution in [0.4, 0.5) is 0 Å². The minimum absolute atomic E-state index is 0.0111. The number of carboxylic acid groups (broad SMARTS) is 1. The molecule has 2 N–H and O–H groups in total. The van der Waals surface area contributed by atoms with E-state index < -0.39 is 11.5 Å². The van der Waals surface area contributed by atoms with Crippen LogP contribution in [0.1, 0.15) is 34.7 Å². The summed E-state index contributed by atoms with van der Waals surface area (Å²) in [6, 6.07) is 12.2. The van der Waals surface area contributed by atoms with Crippen molar-refractivity contribution in [2.24, 2.45) is 0 Å². The number of carboxylic acids is 1. The average molecular weight is 325 g/mol. The molecule has 0 aliphatic heterocycles. The summed E-state index contributed by atoms with van der Waals surface area (Å²) in [6.07, 6.45) is 0.730. The van der Waals surface area contributed by atoms with E-state index in [0.29, 0.717) is 5.89 Å². The highest BCUT2D eigenvalue weighted by molar-refractivity contribution is 5.88. The molecule has 3 rings (SSSR count). The zero-order valence-electron chi connectivity index (χ0n) is 12.9. The Bertz CT molecular complexity index is 915. The Labute approximate surface area is 137 Å². The normalized spacial score (nSPS) is 12.0. The van der Waals surface area contributed by atoms with Crippen LogP contribution in [0.2, 0.25) is 0 Å². The number of aromatic nitrogens is 3. The molecule has 2 heterocycles. The van der Waals surface area contributed by atoms with E-state index in [9.17, 15) is 9.59 Å². The molecule has 1 aromatic carbocycles. The molecule has 0 aliphatic carbocycles. The maximum atomic E-state index is 11.6. The molecule has 7 nitrogen and oxygen atoms in total. The highest BCUT2D eigenvalue weighted by Gasteiger charge is 2.17. The average Bonchev–Trinajstić information content (AvgIpc) is 3.05. The largest absolute Gasteiger partial charge is 0.478 e. The molecule has 0 amide bonds. The van der Waals surface area contributed by atoms with Gasteiger partial charge in [-0.15, -0.1) is 10.2 Å². The van der Waals surface area contributed by atoms with E-state index >= 15 is 0 Å². The Hall–Kier alpha value is -3.22. The third-order valence-corrected chi connectivity index (χ3v) is 3.57. The third kappa shape index (κ3) is 3.40. The van der Waals surface area contributed by atoms with Gasteiger partial charge in [0.05, 0.1) is 5.56 Å². The molecule has 7 heteroatoms. The summed E-state index contributed by atoms with van der Waals surface area (Å²) < 4.78 is 5.61. The molecule has 24 heavy (non-hydrogen) atoms. The summed E-state index contributed by atoms with van der Waals surface area (Å²) in [5.74, 6) is -0.692. The number of nitrogens with zero attached hydrogens (tertiary/aromatic N) is 2. The first-order chi connectivity index (χ1) is 11.5. The second-order valence-corrected chi connectivity index (χ2v) is 5.49. The molecule has 1 unspecified atom stereocenters. The van der Waals surface area contributed by atoms with Crippen LogP contribution in [0.25, 0.3) is 11.6 Å². The number of rotatable bonds is 5. The second kappa shape index (κ2) is 6.49. The van der Waals surface area contributed by atoms with Crippen molar-refractivity contribution in [3.63, 3.8) is 0 Å². The first-order valence-electron chi connectivity index (χ1n) is 7.38. The lowest BCUT2D eigenvalue weighted by molar-refractivity contribution is 0.0696. The fraction of sp³-hybridized carbons (Fsp3) is 0.176. The minimum atomic E-state index is -1.19. The first kappa shape index (κ1) is 15.7.